The zero-order valence-electron chi connectivity index (χ0n) is 11.4. The molecule has 0 saturated carbocycles. The van der Waals surface area contributed by atoms with Gasteiger partial charge in [-0.2, -0.15) is 0 Å². The topological polar surface area (TPSA) is 43.4 Å². The first kappa shape index (κ1) is 14.4. The number of hydrogen-bond donors (Lipinski definition) is 0. The van der Waals surface area contributed by atoms with Crippen LogP contribution in [0.5, 0.6) is 0 Å². The summed E-state index contributed by atoms with van der Waals surface area (Å²) in [7, 11) is 0. The van der Waals surface area contributed by atoms with E-state index in [1.165, 1.54) is 0 Å². The SMILES string of the molecule is CCOC(=O)C(=O)c1cc(C(C)C)ccc1CC. The lowest BCUT2D eigenvalue weighted by atomic mass is 9.94. The number of hydrogen-bond acceptors (Lipinski definition) is 3. The highest BCUT2D eigenvalue weighted by Gasteiger charge is 2.20. The number of carbonyl (C=O) groups excluding carboxylic acids is 2. The summed E-state index contributed by atoms with van der Waals surface area (Å²) in [4.78, 5) is 23.5. The number of aryl methyl sites for hydroxylation is 1. The molecular weight excluding hydrogens is 228 g/mol. The van der Waals surface area contributed by atoms with Gasteiger partial charge in [0, 0.05) is 5.56 Å². The first-order valence-electron chi connectivity index (χ1n) is 6.35. The monoisotopic (exact) mass is 248 g/mol. The lowest BCUT2D eigenvalue weighted by Crippen LogP contribution is -2.19. The molecule has 98 valence electrons. The molecule has 0 aliphatic rings. The van der Waals surface area contributed by atoms with Gasteiger partial charge in [-0.15, -0.1) is 0 Å². The molecule has 1 rings (SSSR count). The fraction of sp³-hybridized carbons (Fsp3) is 0.467. The van der Waals surface area contributed by atoms with Crippen molar-refractivity contribution in [3.8, 4) is 0 Å². The maximum Gasteiger partial charge on any atom is 0.379 e. The lowest BCUT2D eigenvalue weighted by Gasteiger charge is -2.11. The number of carbonyl (C=O) groups is 2. The van der Waals surface area contributed by atoms with Gasteiger partial charge in [0.1, 0.15) is 0 Å². The molecule has 1 aromatic rings. The summed E-state index contributed by atoms with van der Waals surface area (Å²) >= 11 is 0. The normalized spacial score (nSPS) is 10.5. The minimum absolute atomic E-state index is 0.218. The fourth-order valence-electron chi connectivity index (χ4n) is 1.78. The Balaban J connectivity index is 3.15. The quantitative estimate of drug-likeness (QED) is 0.457. The highest BCUT2D eigenvalue weighted by atomic mass is 16.5. The molecule has 3 nitrogen and oxygen atoms in total. The molecule has 3 heteroatoms. The molecule has 1 aromatic carbocycles. The molecule has 0 aliphatic carbocycles. The molecule has 0 unspecified atom stereocenters. The van der Waals surface area contributed by atoms with Gasteiger partial charge in [-0.3, -0.25) is 4.79 Å². The third-order valence-corrected chi connectivity index (χ3v) is 2.89. The van der Waals surface area contributed by atoms with Crippen LogP contribution >= 0.6 is 0 Å². The van der Waals surface area contributed by atoms with Gasteiger partial charge in [0.15, 0.2) is 0 Å². The van der Waals surface area contributed by atoms with E-state index in [-0.39, 0.29) is 6.61 Å². The molecular formula is C15H20O3. The highest BCUT2D eigenvalue weighted by Crippen LogP contribution is 2.20. The summed E-state index contributed by atoms with van der Waals surface area (Å²) in [6.07, 6.45) is 0.721. The number of rotatable bonds is 5. The van der Waals surface area contributed by atoms with E-state index in [2.05, 4.69) is 13.8 Å². The van der Waals surface area contributed by atoms with Gasteiger partial charge in [0.2, 0.25) is 0 Å². The second kappa shape index (κ2) is 6.34. The number of benzene rings is 1. The predicted octanol–water partition coefficient (Wildman–Crippen LogP) is 3.12. The predicted molar refractivity (Wildman–Crippen MR) is 70.9 cm³/mol. The molecule has 0 amide bonds. The van der Waals surface area contributed by atoms with Crippen molar-refractivity contribution in [2.45, 2.75) is 40.0 Å². The Morgan fingerprint density at radius 1 is 1.22 bits per heavy atom. The van der Waals surface area contributed by atoms with Crippen molar-refractivity contribution < 1.29 is 14.3 Å². The van der Waals surface area contributed by atoms with Crippen LogP contribution in [0.4, 0.5) is 0 Å². The molecule has 0 aliphatic heterocycles. The fourth-order valence-corrected chi connectivity index (χ4v) is 1.78. The molecule has 18 heavy (non-hydrogen) atoms. The van der Waals surface area contributed by atoms with Crippen LogP contribution in [0.15, 0.2) is 18.2 Å². The Hall–Kier alpha value is -1.64. The molecule has 0 atom stereocenters. The van der Waals surface area contributed by atoms with Crippen molar-refractivity contribution in [3.05, 3.63) is 34.9 Å². The minimum Gasteiger partial charge on any atom is -0.460 e. The summed E-state index contributed by atoms with van der Waals surface area (Å²) in [5.74, 6) is -0.992. The second-order valence-corrected chi connectivity index (χ2v) is 4.47. The number of esters is 1. The lowest BCUT2D eigenvalue weighted by molar-refractivity contribution is -0.137. The zero-order chi connectivity index (χ0) is 13.7. The number of ether oxygens (including phenoxy) is 1. The van der Waals surface area contributed by atoms with E-state index in [0.29, 0.717) is 11.5 Å². The van der Waals surface area contributed by atoms with Gasteiger partial charge < -0.3 is 4.74 Å². The molecule has 0 heterocycles. The number of Topliss-reactive ketones (excluding diaryl/α,β-unsaturated/α-hetero) is 1. The van der Waals surface area contributed by atoms with Crippen LogP contribution in [0.3, 0.4) is 0 Å². The first-order chi connectivity index (χ1) is 8.51. The van der Waals surface area contributed by atoms with Gasteiger partial charge >= 0.3 is 5.97 Å². The van der Waals surface area contributed by atoms with Gasteiger partial charge in [-0.05, 0) is 36.5 Å². The van der Waals surface area contributed by atoms with E-state index >= 15 is 0 Å². The van der Waals surface area contributed by atoms with Gasteiger partial charge in [-0.1, -0.05) is 32.9 Å². The summed E-state index contributed by atoms with van der Waals surface area (Å²) < 4.78 is 4.77. The van der Waals surface area contributed by atoms with E-state index in [0.717, 1.165) is 17.5 Å². The van der Waals surface area contributed by atoms with E-state index in [1.54, 1.807) is 6.92 Å². The standard InChI is InChI=1S/C15H20O3/c1-5-11-7-8-12(10(3)4)9-13(11)14(16)15(17)18-6-2/h7-10H,5-6H2,1-4H3. The zero-order valence-corrected chi connectivity index (χ0v) is 11.4. The smallest absolute Gasteiger partial charge is 0.379 e. The van der Waals surface area contributed by atoms with Crippen LogP contribution in [0, 0.1) is 0 Å². The maximum atomic E-state index is 12.0. The average Bonchev–Trinajstić information content (AvgIpc) is 2.37. The Labute approximate surface area is 108 Å². The van der Waals surface area contributed by atoms with Crippen LogP contribution in [0.1, 0.15) is 55.1 Å². The largest absolute Gasteiger partial charge is 0.460 e. The molecule has 0 bridgehead atoms. The van der Waals surface area contributed by atoms with Crippen molar-refractivity contribution in [1.29, 1.82) is 0 Å². The van der Waals surface area contributed by atoms with Crippen LogP contribution in [-0.4, -0.2) is 18.4 Å². The maximum absolute atomic E-state index is 12.0. The summed E-state index contributed by atoms with van der Waals surface area (Å²) in [6, 6.07) is 5.73. The van der Waals surface area contributed by atoms with E-state index in [1.807, 2.05) is 25.1 Å². The van der Waals surface area contributed by atoms with E-state index in [9.17, 15) is 9.59 Å². The van der Waals surface area contributed by atoms with Crippen LogP contribution in [-0.2, 0) is 16.0 Å². The summed E-state index contributed by atoms with van der Waals surface area (Å²) in [5.41, 5.74) is 2.42. The molecule has 0 fully saturated rings. The van der Waals surface area contributed by atoms with Crippen molar-refractivity contribution in [3.63, 3.8) is 0 Å². The summed E-state index contributed by atoms with van der Waals surface area (Å²) in [6.45, 7) is 7.98. The van der Waals surface area contributed by atoms with Crippen molar-refractivity contribution in [2.75, 3.05) is 6.61 Å². The van der Waals surface area contributed by atoms with Gasteiger partial charge in [-0.25, -0.2) is 4.79 Å². The molecule has 0 saturated heterocycles. The van der Waals surface area contributed by atoms with Crippen LogP contribution in [0.2, 0.25) is 0 Å². The average molecular weight is 248 g/mol. The number of ketones is 1. The Bertz CT molecular complexity index is 447. The molecule has 0 radical (unpaired) electrons. The summed E-state index contributed by atoms with van der Waals surface area (Å²) in [5, 5.41) is 0. The Morgan fingerprint density at radius 2 is 1.89 bits per heavy atom. The molecule has 0 spiro atoms. The third kappa shape index (κ3) is 3.19. The molecule has 0 aromatic heterocycles. The minimum atomic E-state index is -0.770. The second-order valence-electron chi connectivity index (χ2n) is 4.47. The highest BCUT2D eigenvalue weighted by molar-refractivity contribution is 6.41. The van der Waals surface area contributed by atoms with Crippen molar-refractivity contribution in [1.82, 2.24) is 0 Å². The van der Waals surface area contributed by atoms with Gasteiger partial charge in [0.25, 0.3) is 5.78 Å². The van der Waals surface area contributed by atoms with Crippen LogP contribution < -0.4 is 0 Å². The first-order valence-corrected chi connectivity index (χ1v) is 6.35. The third-order valence-electron chi connectivity index (χ3n) is 2.89. The van der Waals surface area contributed by atoms with Crippen LogP contribution in [0.25, 0.3) is 0 Å². The Kier molecular flexibility index (Phi) is 5.08. The van der Waals surface area contributed by atoms with E-state index in [4.69, 9.17) is 4.74 Å². The van der Waals surface area contributed by atoms with E-state index < -0.39 is 11.8 Å². The Morgan fingerprint density at radius 3 is 2.39 bits per heavy atom. The van der Waals surface area contributed by atoms with Gasteiger partial charge in [0.05, 0.1) is 6.61 Å². The van der Waals surface area contributed by atoms with Crippen molar-refractivity contribution in [2.24, 2.45) is 0 Å². The van der Waals surface area contributed by atoms with Crippen molar-refractivity contribution >= 4 is 11.8 Å². The molecule has 0 N–H and O–H groups in total.